The maximum atomic E-state index is 14.4. The van der Waals surface area contributed by atoms with Crippen LogP contribution in [0.2, 0.25) is 0 Å². The Morgan fingerprint density at radius 1 is 1.04 bits per heavy atom. The van der Waals surface area contributed by atoms with Gasteiger partial charge >= 0.3 is 0 Å². The minimum Gasteiger partial charge on any atom is -0.338 e. The minimum absolute atomic E-state index is 0.0483. The first-order valence-corrected chi connectivity index (χ1v) is 10.9. The first-order chi connectivity index (χ1) is 13.5. The minimum atomic E-state index is -3.71. The number of hydrogen-bond donors (Lipinski definition) is 2. The summed E-state index contributed by atoms with van der Waals surface area (Å²) in [5, 5.41) is 0. The van der Waals surface area contributed by atoms with Gasteiger partial charge in [0.2, 0.25) is 10.0 Å². The molecule has 5 nitrogen and oxygen atoms in total. The smallest absolute Gasteiger partial charge is 0.240 e. The van der Waals surface area contributed by atoms with Crippen LogP contribution in [0, 0.1) is 5.82 Å². The molecule has 2 N–H and O–H groups in total. The Balaban J connectivity index is 1.63. The van der Waals surface area contributed by atoms with Gasteiger partial charge in [0.15, 0.2) is 0 Å². The molecule has 7 heteroatoms. The molecule has 0 saturated heterocycles. The Bertz CT molecular complexity index is 1060. The number of nitrogens with zero attached hydrogens (tertiary/aromatic N) is 1. The Morgan fingerprint density at radius 3 is 2.54 bits per heavy atom. The van der Waals surface area contributed by atoms with E-state index < -0.39 is 15.8 Å². The third kappa shape index (κ3) is 4.00. The van der Waals surface area contributed by atoms with Crippen molar-refractivity contribution in [2.24, 2.45) is 0 Å². The number of benzene rings is 2. The Kier molecular flexibility index (Phi) is 5.28. The van der Waals surface area contributed by atoms with Crippen LogP contribution < -0.4 is 4.72 Å². The van der Waals surface area contributed by atoms with Crippen molar-refractivity contribution in [2.45, 2.75) is 43.0 Å². The number of aromatic amines is 1. The zero-order chi connectivity index (χ0) is 19.6. The zero-order valence-corrected chi connectivity index (χ0v) is 16.2. The van der Waals surface area contributed by atoms with E-state index in [2.05, 4.69) is 14.7 Å². The maximum absolute atomic E-state index is 14.4. The van der Waals surface area contributed by atoms with Crippen LogP contribution in [0.25, 0.3) is 22.6 Å². The van der Waals surface area contributed by atoms with Crippen LogP contribution in [0.5, 0.6) is 0 Å². The van der Waals surface area contributed by atoms with Crippen molar-refractivity contribution in [1.82, 2.24) is 14.7 Å². The van der Waals surface area contributed by atoms with Crippen LogP contribution in [0.15, 0.2) is 59.6 Å². The summed E-state index contributed by atoms with van der Waals surface area (Å²) in [4.78, 5) is 7.38. The number of nitrogens with one attached hydrogen (secondary N) is 2. The lowest BCUT2D eigenvalue weighted by molar-refractivity contribution is 0.412. The van der Waals surface area contributed by atoms with Crippen molar-refractivity contribution in [3.63, 3.8) is 0 Å². The van der Waals surface area contributed by atoms with Crippen molar-refractivity contribution >= 4 is 10.0 Å². The molecular weight excluding hydrogens is 377 g/mol. The van der Waals surface area contributed by atoms with Gasteiger partial charge in [-0.25, -0.2) is 22.5 Å². The average Bonchev–Trinajstić information content (AvgIpc) is 3.19. The Labute approximate surface area is 164 Å². The molecule has 1 saturated carbocycles. The first kappa shape index (κ1) is 18.8. The highest BCUT2D eigenvalue weighted by Gasteiger charge is 2.23. The number of rotatable bonds is 5. The van der Waals surface area contributed by atoms with Crippen molar-refractivity contribution < 1.29 is 12.8 Å². The molecule has 0 bridgehead atoms. The summed E-state index contributed by atoms with van der Waals surface area (Å²) < 4.78 is 42.7. The molecule has 2 aromatic carbocycles. The van der Waals surface area contributed by atoms with Crippen LogP contribution in [0.4, 0.5) is 4.39 Å². The number of sulfonamides is 1. The SMILES string of the molecule is O=S(=O)(NC1CCCCC1)c1ccc(F)c(-c2ncc(-c3ccccc3)[nH]2)c1. The predicted octanol–water partition coefficient (Wildman–Crippen LogP) is 4.49. The summed E-state index contributed by atoms with van der Waals surface area (Å²) in [5.74, 6) is -0.225. The fraction of sp³-hybridized carbons (Fsp3) is 0.286. The predicted molar refractivity (Wildman–Crippen MR) is 107 cm³/mol. The van der Waals surface area contributed by atoms with E-state index in [1.807, 2.05) is 30.3 Å². The third-order valence-corrected chi connectivity index (χ3v) is 6.61. The zero-order valence-electron chi connectivity index (χ0n) is 15.4. The van der Waals surface area contributed by atoms with Crippen LogP contribution in [-0.4, -0.2) is 24.4 Å². The van der Waals surface area contributed by atoms with Gasteiger partial charge in [0.05, 0.1) is 22.3 Å². The van der Waals surface area contributed by atoms with E-state index in [4.69, 9.17) is 0 Å². The number of hydrogen-bond acceptors (Lipinski definition) is 3. The van der Waals surface area contributed by atoms with Gasteiger partial charge in [-0.2, -0.15) is 0 Å². The average molecular weight is 399 g/mol. The van der Waals surface area contributed by atoms with Crippen molar-refractivity contribution in [3.8, 4) is 22.6 Å². The van der Waals surface area contributed by atoms with Gasteiger partial charge in [-0.15, -0.1) is 0 Å². The second-order valence-corrected chi connectivity index (χ2v) is 8.82. The summed E-state index contributed by atoms with van der Waals surface area (Å²) >= 11 is 0. The quantitative estimate of drug-likeness (QED) is 0.664. The molecule has 0 amide bonds. The molecule has 1 heterocycles. The van der Waals surface area contributed by atoms with E-state index in [1.54, 1.807) is 6.20 Å². The van der Waals surface area contributed by atoms with Gasteiger partial charge < -0.3 is 4.98 Å². The van der Waals surface area contributed by atoms with Gasteiger partial charge in [-0.1, -0.05) is 49.6 Å². The lowest BCUT2D eigenvalue weighted by atomic mass is 9.96. The number of halogens is 1. The summed E-state index contributed by atoms with van der Waals surface area (Å²) in [6.45, 7) is 0. The van der Waals surface area contributed by atoms with E-state index in [-0.39, 0.29) is 16.5 Å². The molecule has 1 aliphatic rings. The summed E-state index contributed by atoms with van der Waals surface area (Å²) in [6.07, 6.45) is 6.48. The van der Waals surface area contributed by atoms with Crippen LogP contribution in [0.3, 0.4) is 0 Å². The van der Waals surface area contributed by atoms with Crippen molar-refractivity contribution in [2.75, 3.05) is 0 Å². The molecule has 0 unspecified atom stereocenters. The summed E-state index contributed by atoms with van der Waals surface area (Å²) in [7, 11) is -3.71. The molecule has 1 aliphatic carbocycles. The normalized spacial score (nSPS) is 15.6. The molecule has 0 spiro atoms. The molecule has 3 aromatic rings. The van der Waals surface area contributed by atoms with Gasteiger partial charge in [-0.3, -0.25) is 0 Å². The third-order valence-electron chi connectivity index (χ3n) is 5.09. The molecule has 0 atom stereocenters. The fourth-order valence-corrected chi connectivity index (χ4v) is 4.91. The van der Waals surface area contributed by atoms with Gasteiger partial charge in [0.25, 0.3) is 0 Å². The summed E-state index contributed by atoms with van der Waals surface area (Å²) in [6, 6.07) is 13.3. The second kappa shape index (κ2) is 7.85. The number of H-pyrrole nitrogens is 1. The van der Waals surface area contributed by atoms with Crippen LogP contribution in [-0.2, 0) is 10.0 Å². The van der Waals surface area contributed by atoms with Crippen LogP contribution in [0.1, 0.15) is 32.1 Å². The molecule has 28 heavy (non-hydrogen) atoms. The maximum Gasteiger partial charge on any atom is 0.240 e. The molecule has 0 radical (unpaired) electrons. The fourth-order valence-electron chi connectivity index (χ4n) is 3.58. The van der Waals surface area contributed by atoms with Crippen molar-refractivity contribution in [1.29, 1.82) is 0 Å². The monoisotopic (exact) mass is 399 g/mol. The standard InChI is InChI=1S/C21H22FN3O2S/c22-19-12-11-17(28(26,27)25-16-9-5-2-6-10-16)13-18(19)21-23-14-20(24-21)15-7-3-1-4-8-15/h1,3-4,7-8,11-14,16,25H,2,5-6,9-10H2,(H,23,24). The van der Waals surface area contributed by atoms with E-state index >= 15 is 0 Å². The van der Waals surface area contributed by atoms with Gasteiger partial charge in [0, 0.05) is 6.04 Å². The van der Waals surface area contributed by atoms with Crippen molar-refractivity contribution in [3.05, 3.63) is 60.5 Å². The lowest BCUT2D eigenvalue weighted by Gasteiger charge is -2.22. The molecule has 1 aromatic heterocycles. The van der Waals surface area contributed by atoms with E-state index in [9.17, 15) is 12.8 Å². The molecule has 1 fully saturated rings. The van der Waals surface area contributed by atoms with Gasteiger partial charge in [-0.05, 0) is 36.6 Å². The number of aromatic nitrogens is 2. The Morgan fingerprint density at radius 2 is 1.79 bits per heavy atom. The van der Waals surface area contributed by atoms with E-state index in [0.29, 0.717) is 5.82 Å². The second-order valence-electron chi connectivity index (χ2n) is 7.11. The molecule has 0 aliphatic heterocycles. The Hall–Kier alpha value is -2.51. The summed E-state index contributed by atoms with van der Waals surface area (Å²) in [5.41, 5.74) is 1.79. The van der Waals surface area contributed by atoms with E-state index in [1.165, 1.54) is 18.2 Å². The lowest BCUT2D eigenvalue weighted by Crippen LogP contribution is -2.36. The number of imidazole rings is 1. The van der Waals surface area contributed by atoms with Crippen LogP contribution >= 0.6 is 0 Å². The molecule has 4 rings (SSSR count). The highest BCUT2D eigenvalue weighted by molar-refractivity contribution is 7.89. The topological polar surface area (TPSA) is 74.8 Å². The molecular formula is C21H22FN3O2S. The first-order valence-electron chi connectivity index (χ1n) is 9.45. The highest BCUT2D eigenvalue weighted by atomic mass is 32.2. The highest BCUT2D eigenvalue weighted by Crippen LogP contribution is 2.27. The van der Waals surface area contributed by atoms with E-state index in [0.717, 1.165) is 43.4 Å². The van der Waals surface area contributed by atoms with Gasteiger partial charge in [0.1, 0.15) is 11.6 Å². The largest absolute Gasteiger partial charge is 0.338 e. The molecule has 146 valence electrons.